The summed E-state index contributed by atoms with van der Waals surface area (Å²) in [5.74, 6) is -0.196. The summed E-state index contributed by atoms with van der Waals surface area (Å²) in [7, 11) is -4.35. The van der Waals surface area contributed by atoms with Gasteiger partial charge in [-0.1, -0.05) is 62.7 Å². The van der Waals surface area contributed by atoms with Gasteiger partial charge in [0.15, 0.2) is 4.90 Å². The topological polar surface area (TPSA) is 102 Å². The van der Waals surface area contributed by atoms with Gasteiger partial charge in [0.25, 0.3) is 5.56 Å². The van der Waals surface area contributed by atoms with Gasteiger partial charge in [-0.15, -0.1) is 0 Å². The number of nitrogens with zero attached hydrogens (tertiary/aromatic N) is 3. The van der Waals surface area contributed by atoms with E-state index >= 15 is 0 Å². The third-order valence-electron chi connectivity index (χ3n) is 6.54. The molecule has 0 fully saturated rings. The summed E-state index contributed by atoms with van der Waals surface area (Å²) in [6, 6.07) is 17.3. The van der Waals surface area contributed by atoms with Crippen LogP contribution < -0.4 is 5.56 Å². The Hall–Kier alpha value is -3.78. The van der Waals surface area contributed by atoms with Gasteiger partial charge in [0, 0.05) is 18.8 Å². The van der Waals surface area contributed by atoms with Gasteiger partial charge < -0.3 is 5.11 Å². The fourth-order valence-electron chi connectivity index (χ4n) is 4.59. The summed E-state index contributed by atoms with van der Waals surface area (Å²) in [5, 5.41) is 11.4. The predicted octanol–water partition coefficient (Wildman–Crippen LogP) is 5.49. The van der Waals surface area contributed by atoms with Crippen molar-refractivity contribution in [2.45, 2.75) is 62.3 Å². The standard InChI is InChI=1S/C29H31N3O4S/c1-4-6-12-26-31-28(33)27(29(34)32(26)25(5-2)22-10-8-7-9-11-22)37(35,36)23-15-13-21(14-16-23)24-17-18-30-19-20(24)3/h7-11,13-19,25,34H,4-6,12H2,1-3H3/t25-/m1/s1. The van der Waals surface area contributed by atoms with Crippen molar-refractivity contribution in [1.29, 1.82) is 0 Å². The number of hydrogen-bond donors (Lipinski definition) is 1. The number of pyridine rings is 1. The molecule has 37 heavy (non-hydrogen) atoms. The molecule has 4 rings (SSSR count). The average Bonchev–Trinajstić information content (AvgIpc) is 2.90. The predicted molar refractivity (Wildman–Crippen MR) is 144 cm³/mol. The van der Waals surface area contributed by atoms with Crippen LogP contribution in [0.1, 0.15) is 56.1 Å². The molecule has 192 valence electrons. The first-order valence-corrected chi connectivity index (χ1v) is 13.9. The number of rotatable bonds is 9. The molecule has 2 heterocycles. The molecule has 0 aliphatic heterocycles. The fraction of sp³-hybridized carbons (Fsp3) is 0.276. The van der Waals surface area contributed by atoms with Crippen molar-refractivity contribution in [3.63, 3.8) is 0 Å². The van der Waals surface area contributed by atoms with Crippen molar-refractivity contribution >= 4 is 9.84 Å². The molecule has 0 radical (unpaired) electrons. The number of sulfone groups is 1. The maximum absolute atomic E-state index is 13.7. The Morgan fingerprint density at radius 2 is 1.70 bits per heavy atom. The van der Waals surface area contributed by atoms with Crippen molar-refractivity contribution in [3.05, 3.63) is 100 Å². The molecule has 0 saturated carbocycles. The first-order valence-electron chi connectivity index (χ1n) is 12.4. The lowest BCUT2D eigenvalue weighted by molar-refractivity contribution is 0.358. The lowest BCUT2D eigenvalue weighted by Gasteiger charge is -2.25. The van der Waals surface area contributed by atoms with Crippen molar-refractivity contribution in [2.75, 3.05) is 0 Å². The van der Waals surface area contributed by atoms with Gasteiger partial charge >= 0.3 is 0 Å². The summed E-state index contributed by atoms with van der Waals surface area (Å²) in [4.78, 5) is 20.6. The Morgan fingerprint density at radius 3 is 2.32 bits per heavy atom. The van der Waals surface area contributed by atoms with E-state index in [1.807, 2.05) is 57.2 Å². The summed E-state index contributed by atoms with van der Waals surface area (Å²) in [5.41, 5.74) is 2.65. The molecule has 1 N–H and O–H groups in total. The zero-order chi connectivity index (χ0) is 26.6. The highest BCUT2D eigenvalue weighted by atomic mass is 32.2. The average molecular weight is 518 g/mol. The maximum Gasteiger partial charge on any atom is 0.296 e. The molecular weight excluding hydrogens is 486 g/mol. The molecule has 0 bridgehead atoms. The van der Waals surface area contributed by atoms with Crippen LogP contribution in [0.5, 0.6) is 5.88 Å². The van der Waals surface area contributed by atoms with E-state index < -0.39 is 26.2 Å². The molecule has 0 spiro atoms. The normalized spacial score (nSPS) is 12.4. The summed E-state index contributed by atoms with van der Waals surface area (Å²) < 4.78 is 28.9. The van der Waals surface area contributed by atoms with Crippen molar-refractivity contribution < 1.29 is 13.5 Å². The second-order valence-corrected chi connectivity index (χ2v) is 10.9. The highest BCUT2D eigenvalue weighted by Crippen LogP contribution is 2.34. The van der Waals surface area contributed by atoms with Gasteiger partial charge in [-0.25, -0.2) is 8.42 Å². The zero-order valence-electron chi connectivity index (χ0n) is 21.3. The number of unbranched alkanes of at least 4 members (excludes halogenated alkanes) is 1. The third-order valence-corrected chi connectivity index (χ3v) is 8.32. The Morgan fingerprint density at radius 1 is 1.00 bits per heavy atom. The molecule has 8 heteroatoms. The highest BCUT2D eigenvalue weighted by molar-refractivity contribution is 7.91. The number of benzene rings is 2. The smallest absolute Gasteiger partial charge is 0.296 e. The molecule has 0 saturated heterocycles. The molecule has 0 unspecified atom stereocenters. The van der Waals surface area contributed by atoms with Gasteiger partial charge in [0.1, 0.15) is 5.82 Å². The van der Waals surface area contributed by atoms with Crippen molar-refractivity contribution in [3.8, 4) is 17.0 Å². The van der Waals surface area contributed by atoms with Gasteiger partial charge in [-0.2, -0.15) is 4.98 Å². The van der Waals surface area contributed by atoms with Crippen LogP contribution in [-0.4, -0.2) is 28.1 Å². The molecule has 1 atom stereocenters. The van der Waals surface area contributed by atoms with E-state index in [9.17, 15) is 18.3 Å². The van der Waals surface area contributed by atoms with E-state index in [1.54, 1.807) is 24.5 Å². The van der Waals surface area contributed by atoms with Gasteiger partial charge in [0.2, 0.25) is 15.7 Å². The van der Waals surface area contributed by atoms with Crippen LogP contribution in [0.2, 0.25) is 0 Å². The maximum atomic E-state index is 13.7. The minimum absolute atomic E-state index is 0.0854. The Kier molecular flexibility index (Phi) is 7.88. The van der Waals surface area contributed by atoms with Gasteiger partial charge in [0.05, 0.1) is 10.9 Å². The number of aromatic nitrogens is 3. The summed E-state index contributed by atoms with van der Waals surface area (Å²) in [6.07, 6.45) is 6.05. The minimum atomic E-state index is -4.35. The van der Waals surface area contributed by atoms with Crippen molar-refractivity contribution in [1.82, 2.24) is 14.5 Å². The zero-order valence-corrected chi connectivity index (χ0v) is 22.1. The van der Waals surface area contributed by atoms with Crippen LogP contribution in [-0.2, 0) is 16.3 Å². The van der Waals surface area contributed by atoms with E-state index in [2.05, 4.69) is 9.97 Å². The van der Waals surface area contributed by atoms with Crippen LogP contribution in [0.3, 0.4) is 0 Å². The second-order valence-electron chi connectivity index (χ2n) is 9.01. The third kappa shape index (κ3) is 5.20. The van der Waals surface area contributed by atoms with Crippen LogP contribution in [0, 0.1) is 6.92 Å². The summed E-state index contributed by atoms with van der Waals surface area (Å²) in [6.45, 7) is 5.90. The molecule has 2 aromatic carbocycles. The molecule has 7 nitrogen and oxygen atoms in total. The van der Waals surface area contributed by atoms with Gasteiger partial charge in [-0.05, 0) is 60.2 Å². The number of aryl methyl sites for hydroxylation is 2. The number of hydrogen-bond acceptors (Lipinski definition) is 6. The van der Waals surface area contributed by atoms with Crippen LogP contribution >= 0.6 is 0 Å². The minimum Gasteiger partial charge on any atom is -0.493 e. The van der Waals surface area contributed by atoms with E-state index in [0.29, 0.717) is 18.7 Å². The molecule has 0 amide bonds. The van der Waals surface area contributed by atoms with Gasteiger partial charge in [-0.3, -0.25) is 14.3 Å². The Balaban J connectivity index is 1.86. The highest BCUT2D eigenvalue weighted by Gasteiger charge is 2.31. The molecular formula is C29H31N3O4S. The van der Waals surface area contributed by atoms with Crippen molar-refractivity contribution in [2.24, 2.45) is 0 Å². The Bertz CT molecular complexity index is 1550. The van der Waals surface area contributed by atoms with E-state index in [1.165, 1.54) is 16.7 Å². The van der Waals surface area contributed by atoms with E-state index in [0.717, 1.165) is 35.1 Å². The van der Waals surface area contributed by atoms with Crippen LogP contribution in [0.4, 0.5) is 0 Å². The summed E-state index contributed by atoms with van der Waals surface area (Å²) >= 11 is 0. The largest absolute Gasteiger partial charge is 0.493 e. The Labute approximate surface area is 217 Å². The SMILES string of the molecule is CCCCc1nc(=O)c(S(=O)(=O)c2ccc(-c3ccncc3C)cc2)c(O)n1[C@H](CC)c1ccccc1. The molecule has 0 aliphatic carbocycles. The first kappa shape index (κ1) is 26.3. The second kappa shape index (κ2) is 11.1. The molecule has 4 aromatic rings. The number of aromatic hydroxyl groups is 1. The van der Waals surface area contributed by atoms with E-state index in [-0.39, 0.29) is 10.9 Å². The fourth-order valence-corrected chi connectivity index (χ4v) is 5.94. The first-order chi connectivity index (χ1) is 17.8. The lowest BCUT2D eigenvalue weighted by Crippen LogP contribution is -2.27. The molecule has 2 aromatic heterocycles. The molecule has 0 aliphatic rings. The quantitative estimate of drug-likeness (QED) is 0.315. The van der Waals surface area contributed by atoms with Crippen LogP contribution in [0.25, 0.3) is 11.1 Å². The van der Waals surface area contributed by atoms with E-state index in [4.69, 9.17) is 0 Å². The van der Waals surface area contributed by atoms with Crippen LogP contribution in [0.15, 0.2) is 87.6 Å². The lowest BCUT2D eigenvalue weighted by atomic mass is 10.0. The monoisotopic (exact) mass is 517 g/mol.